The number of nitrogens with one attached hydrogen (secondary N) is 1. The van der Waals surface area contributed by atoms with Gasteiger partial charge in [-0.1, -0.05) is 18.9 Å². The Morgan fingerprint density at radius 2 is 1.89 bits per heavy atom. The number of carbonyl (C=O) groups is 1. The smallest absolute Gasteiger partial charge is 0.349 e. The molecule has 1 saturated carbocycles. The molecule has 19 heavy (non-hydrogen) atoms. The van der Waals surface area contributed by atoms with Gasteiger partial charge in [-0.25, -0.2) is 0 Å². The normalized spacial score (nSPS) is 16.6. The van der Waals surface area contributed by atoms with Crippen molar-refractivity contribution in [2.75, 3.05) is 0 Å². The van der Waals surface area contributed by atoms with Gasteiger partial charge in [-0.2, -0.15) is 13.2 Å². The van der Waals surface area contributed by atoms with E-state index in [-0.39, 0.29) is 16.1 Å². The number of hydrogen-bond donors (Lipinski definition) is 1. The largest absolute Gasteiger partial charge is 0.417 e. The minimum absolute atomic E-state index is 0.0294. The Morgan fingerprint density at radius 1 is 1.26 bits per heavy atom. The van der Waals surface area contributed by atoms with E-state index in [1.807, 2.05) is 0 Å². The van der Waals surface area contributed by atoms with E-state index in [2.05, 4.69) is 21.2 Å². The van der Waals surface area contributed by atoms with Gasteiger partial charge in [-0.3, -0.25) is 4.79 Å². The molecule has 1 amide bonds. The maximum absolute atomic E-state index is 12.7. The van der Waals surface area contributed by atoms with E-state index in [1.165, 1.54) is 12.1 Å². The molecule has 0 atom stereocenters. The molecule has 1 aromatic rings. The van der Waals surface area contributed by atoms with E-state index < -0.39 is 17.6 Å². The van der Waals surface area contributed by atoms with Gasteiger partial charge in [0.15, 0.2) is 0 Å². The first-order valence-electron chi connectivity index (χ1n) is 6.06. The molecule has 6 heteroatoms. The fraction of sp³-hybridized carbons (Fsp3) is 0.462. The summed E-state index contributed by atoms with van der Waals surface area (Å²) < 4.78 is 38.0. The lowest BCUT2D eigenvalue weighted by molar-refractivity contribution is -0.138. The molecule has 0 heterocycles. The lowest BCUT2D eigenvalue weighted by Crippen LogP contribution is -2.33. The maximum atomic E-state index is 12.7. The molecule has 104 valence electrons. The molecule has 1 N–H and O–H groups in total. The number of hydrogen-bond acceptors (Lipinski definition) is 1. The number of halogens is 4. The van der Waals surface area contributed by atoms with Gasteiger partial charge in [0.05, 0.1) is 11.1 Å². The first-order valence-corrected chi connectivity index (χ1v) is 6.85. The van der Waals surface area contributed by atoms with Crippen LogP contribution in [0.1, 0.15) is 41.6 Å². The zero-order chi connectivity index (χ0) is 14.0. The van der Waals surface area contributed by atoms with Gasteiger partial charge >= 0.3 is 6.18 Å². The summed E-state index contributed by atoms with van der Waals surface area (Å²) in [4.78, 5) is 12.0. The average molecular weight is 336 g/mol. The number of carbonyl (C=O) groups excluding carboxylic acids is 1. The highest BCUT2D eigenvalue weighted by molar-refractivity contribution is 9.10. The fourth-order valence-corrected chi connectivity index (χ4v) is 2.93. The Balaban J connectivity index is 2.22. The summed E-state index contributed by atoms with van der Waals surface area (Å²) in [5.74, 6) is -0.454. The number of benzene rings is 1. The maximum Gasteiger partial charge on any atom is 0.417 e. The van der Waals surface area contributed by atoms with E-state index in [1.54, 1.807) is 0 Å². The van der Waals surface area contributed by atoms with E-state index >= 15 is 0 Å². The quantitative estimate of drug-likeness (QED) is 0.864. The molecule has 2 nitrogen and oxygen atoms in total. The Bertz CT molecular complexity index is 481. The van der Waals surface area contributed by atoms with Crippen molar-refractivity contribution in [2.24, 2.45) is 0 Å². The number of rotatable bonds is 2. The van der Waals surface area contributed by atoms with Crippen molar-refractivity contribution in [3.05, 3.63) is 33.8 Å². The predicted octanol–water partition coefficient (Wildman–Crippen LogP) is 4.14. The van der Waals surface area contributed by atoms with Gasteiger partial charge in [0, 0.05) is 10.5 Å². The molecule has 2 rings (SSSR count). The monoisotopic (exact) mass is 335 g/mol. The first-order chi connectivity index (χ1) is 8.89. The Morgan fingerprint density at radius 3 is 2.47 bits per heavy atom. The molecule has 1 fully saturated rings. The van der Waals surface area contributed by atoms with Crippen molar-refractivity contribution >= 4 is 21.8 Å². The predicted molar refractivity (Wildman–Crippen MR) is 68.9 cm³/mol. The molecular formula is C13H13BrF3NO. The van der Waals surface area contributed by atoms with Crippen LogP contribution in [0.15, 0.2) is 22.7 Å². The van der Waals surface area contributed by atoms with Crippen LogP contribution in [0.4, 0.5) is 13.2 Å². The zero-order valence-corrected chi connectivity index (χ0v) is 11.6. The highest BCUT2D eigenvalue weighted by Gasteiger charge is 2.34. The summed E-state index contributed by atoms with van der Waals surface area (Å²) in [5.41, 5.74) is -0.798. The minimum atomic E-state index is -4.47. The number of alkyl halides is 3. The molecule has 0 aromatic heterocycles. The van der Waals surface area contributed by atoms with Crippen LogP contribution < -0.4 is 5.32 Å². The molecule has 0 spiro atoms. The van der Waals surface area contributed by atoms with Crippen LogP contribution in [0, 0.1) is 0 Å². The van der Waals surface area contributed by atoms with Crippen molar-refractivity contribution in [1.82, 2.24) is 5.32 Å². The van der Waals surface area contributed by atoms with E-state index in [4.69, 9.17) is 0 Å². The second-order valence-corrected chi connectivity index (χ2v) is 5.41. The van der Waals surface area contributed by atoms with Gasteiger partial charge in [0.25, 0.3) is 5.91 Å². The van der Waals surface area contributed by atoms with E-state index in [9.17, 15) is 18.0 Å². The van der Waals surface area contributed by atoms with Gasteiger partial charge in [-0.05, 0) is 40.9 Å². The van der Waals surface area contributed by atoms with Crippen LogP contribution in [-0.4, -0.2) is 11.9 Å². The molecule has 1 aliphatic rings. The summed E-state index contributed by atoms with van der Waals surface area (Å²) >= 11 is 2.89. The summed E-state index contributed by atoms with van der Waals surface area (Å²) in [6.07, 6.45) is -0.587. The van der Waals surface area contributed by atoms with Crippen LogP contribution >= 0.6 is 15.9 Å². The van der Waals surface area contributed by atoms with Crippen molar-refractivity contribution < 1.29 is 18.0 Å². The molecule has 0 saturated heterocycles. The summed E-state index contributed by atoms with van der Waals surface area (Å²) in [6, 6.07) is 3.67. The van der Waals surface area contributed by atoms with Crippen LogP contribution in [0.25, 0.3) is 0 Å². The second kappa shape index (κ2) is 5.53. The Hall–Kier alpha value is -1.04. The van der Waals surface area contributed by atoms with Gasteiger partial charge in [-0.15, -0.1) is 0 Å². The van der Waals surface area contributed by atoms with Gasteiger partial charge in [0.2, 0.25) is 0 Å². The zero-order valence-electron chi connectivity index (χ0n) is 10.1. The Kier molecular flexibility index (Phi) is 4.18. The second-order valence-electron chi connectivity index (χ2n) is 4.62. The van der Waals surface area contributed by atoms with Crippen LogP contribution in [0.5, 0.6) is 0 Å². The minimum Gasteiger partial charge on any atom is -0.349 e. The molecule has 0 aliphatic heterocycles. The molecular weight excluding hydrogens is 323 g/mol. The van der Waals surface area contributed by atoms with Crippen molar-refractivity contribution in [3.63, 3.8) is 0 Å². The molecule has 0 unspecified atom stereocenters. The van der Waals surface area contributed by atoms with Crippen LogP contribution in [-0.2, 0) is 6.18 Å². The fourth-order valence-electron chi connectivity index (χ4n) is 2.26. The van der Waals surface area contributed by atoms with Crippen molar-refractivity contribution in [2.45, 2.75) is 37.9 Å². The highest BCUT2D eigenvalue weighted by atomic mass is 79.9. The van der Waals surface area contributed by atoms with Crippen LogP contribution in [0.3, 0.4) is 0 Å². The SMILES string of the molecule is O=C(NC1CCCC1)c1cccc(C(F)(F)F)c1Br. The molecule has 1 aliphatic carbocycles. The average Bonchev–Trinajstić information content (AvgIpc) is 2.80. The highest BCUT2D eigenvalue weighted by Crippen LogP contribution is 2.36. The number of amides is 1. The molecule has 0 bridgehead atoms. The Labute approximate surface area is 117 Å². The molecule has 0 radical (unpaired) electrons. The van der Waals surface area contributed by atoms with Gasteiger partial charge in [0.1, 0.15) is 0 Å². The van der Waals surface area contributed by atoms with Gasteiger partial charge < -0.3 is 5.32 Å². The summed E-state index contributed by atoms with van der Waals surface area (Å²) in [5, 5.41) is 2.78. The molecule has 1 aromatic carbocycles. The third kappa shape index (κ3) is 3.29. The van der Waals surface area contributed by atoms with Crippen molar-refractivity contribution in [3.8, 4) is 0 Å². The van der Waals surface area contributed by atoms with Crippen molar-refractivity contribution in [1.29, 1.82) is 0 Å². The van der Waals surface area contributed by atoms with E-state index in [0.717, 1.165) is 31.7 Å². The summed E-state index contributed by atoms with van der Waals surface area (Å²) in [6.45, 7) is 0. The topological polar surface area (TPSA) is 29.1 Å². The first kappa shape index (κ1) is 14.4. The summed E-state index contributed by atoms with van der Waals surface area (Å²) in [7, 11) is 0. The van der Waals surface area contributed by atoms with E-state index in [0.29, 0.717) is 0 Å². The lowest BCUT2D eigenvalue weighted by Gasteiger charge is -2.15. The third-order valence-corrected chi connectivity index (χ3v) is 4.09. The lowest BCUT2D eigenvalue weighted by atomic mass is 10.1. The van der Waals surface area contributed by atoms with Crippen LogP contribution in [0.2, 0.25) is 0 Å². The third-order valence-electron chi connectivity index (χ3n) is 3.24. The standard InChI is InChI=1S/C13H13BrF3NO/c14-11-9(6-3-7-10(11)13(15,16)17)12(19)18-8-4-1-2-5-8/h3,6-8H,1-2,4-5H2,(H,18,19).